The van der Waals surface area contributed by atoms with E-state index in [9.17, 15) is 9.59 Å². The van der Waals surface area contributed by atoms with Gasteiger partial charge in [0.05, 0.1) is 19.7 Å². The van der Waals surface area contributed by atoms with Gasteiger partial charge in [0.25, 0.3) is 0 Å². The van der Waals surface area contributed by atoms with E-state index in [-0.39, 0.29) is 37.2 Å². The van der Waals surface area contributed by atoms with E-state index in [1.165, 1.54) is 64.0 Å². The van der Waals surface area contributed by atoms with Crippen molar-refractivity contribution < 1.29 is 18.8 Å². The number of ether oxygens (including phenoxy) is 1. The van der Waals surface area contributed by atoms with Crippen molar-refractivity contribution in [3.8, 4) is 11.4 Å². The van der Waals surface area contributed by atoms with Gasteiger partial charge in [0, 0.05) is 12.0 Å². The van der Waals surface area contributed by atoms with E-state index < -0.39 is 6.04 Å². The lowest BCUT2D eigenvalue weighted by Crippen LogP contribution is -2.40. The minimum atomic E-state index is -0.708. The molecule has 0 radical (unpaired) electrons. The van der Waals surface area contributed by atoms with E-state index >= 15 is 0 Å². The van der Waals surface area contributed by atoms with Crippen LogP contribution in [0.2, 0.25) is 0 Å². The molecule has 0 spiro atoms. The van der Waals surface area contributed by atoms with Crippen LogP contribution in [0.4, 0.5) is 0 Å². The molecule has 0 fully saturated rings. The monoisotopic (exact) mass is 508 g/mol. The molecule has 3 N–H and O–H groups in total. The number of nitrogens with one attached hydrogen (secondary N) is 1. The molecule has 0 bridgehead atoms. The number of rotatable bonds is 17. The average molecular weight is 509 g/mol. The zero-order valence-electron chi connectivity index (χ0n) is 21.1. The number of nitrogens with two attached hydrogens (primary N) is 1. The highest BCUT2D eigenvalue weighted by Crippen LogP contribution is 2.18. The number of carbonyl (C=O) groups is 2. The maximum absolute atomic E-state index is 12.1. The van der Waals surface area contributed by atoms with Gasteiger partial charge < -0.3 is 20.3 Å². The summed E-state index contributed by atoms with van der Waals surface area (Å²) < 4.78 is 9.83. The van der Waals surface area contributed by atoms with Crippen molar-refractivity contribution in [1.82, 2.24) is 15.5 Å². The number of carbonyl (C=O) groups excluding carboxylic acids is 2. The molecule has 35 heavy (non-hydrogen) atoms. The smallest absolute Gasteiger partial charge is 0.305 e. The third-order valence-electron chi connectivity index (χ3n) is 5.87. The first-order valence-corrected chi connectivity index (χ1v) is 12.6. The van der Waals surface area contributed by atoms with E-state index in [2.05, 4.69) is 39.3 Å². The number of aromatic nitrogens is 2. The minimum Gasteiger partial charge on any atom is -0.469 e. The Bertz CT molecular complexity index is 857. The molecular formula is C26H41ClN4O4. The lowest BCUT2D eigenvalue weighted by molar-refractivity contribution is -0.140. The number of esters is 1. The van der Waals surface area contributed by atoms with Gasteiger partial charge in [-0.2, -0.15) is 4.98 Å². The Morgan fingerprint density at radius 1 is 1.03 bits per heavy atom. The van der Waals surface area contributed by atoms with E-state index in [0.29, 0.717) is 24.6 Å². The van der Waals surface area contributed by atoms with Crippen molar-refractivity contribution in [3.05, 3.63) is 35.7 Å². The molecule has 0 aliphatic carbocycles. The number of aryl methyl sites for hydroxylation is 1. The summed E-state index contributed by atoms with van der Waals surface area (Å²) in [6.07, 6.45) is 12.8. The molecule has 0 saturated carbocycles. The molecule has 0 aliphatic rings. The summed E-state index contributed by atoms with van der Waals surface area (Å²) in [6.45, 7) is 2.35. The highest BCUT2D eigenvalue weighted by atomic mass is 35.5. The summed E-state index contributed by atoms with van der Waals surface area (Å²) >= 11 is 0. The Morgan fingerprint density at radius 2 is 1.69 bits per heavy atom. The van der Waals surface area contributed by atoms with E-state index in [1.54, 1.807) is 0 Å². The van der Waals surface area contributed by atoms with Gasteiger partial charge >= 0.3 is 5.97 Å². The number of benzene rings is 1. The minimum absolute atomic E-state index is 0. The summed E-state index contributed by atoms with van der Waals surface area (Å²) in [7, 11) is 1.33. The van der Waals surface area contributed by atoms with Gasteiger partial charge in [-0.3, -0.25) is 9.59 Å². The molecule has 1 aromatic carbocycles. The lowest BCUT2D eigenvalue weighted by Gasteiger charge is -2.10. The normalized spacial score (nSPS) is 11.5. The SMILES string of the molecule is CCCCCCCCCCc1ccc(-c2noc(CNC(=O)[C@@H](N)CCCC(=O)OC)n2)cc1.Cl. The van der Waals surface area contributed by atoms with Gasteiger partial charge in [-0.25, -0.2) is 0 Å². The second-order valence-corrected chi connectivity index (χ2v) is 8.73. The number of hydrogen-bond donors (Lipinski definition) is 2. The maximum atomic E-state index is 12.1. The van der Waals surface area contributed by atoms with Crippen LogP contribution in [0.5, 0.6) is 0 Å². The number of amides is 1. The topological polar surface area (TPSA) is 120 Å². The van der Waals surface area contributed by atoms with Crippen molar-refractivity contribution in [1.29, 1.82) is 0 Å². The van der Waals surface area contributed by atoms with Crippen LogP contribution < -0.4 is 11.1 Å². The highest BCUT2D eigenvalue weighted by molar-refractivity contribution is 5.85. The molecule has 1 atom stereocenters. The largest absolute Gasteiger partial charge is 0.469 e. The first-order valence-electron chi connectivity index (χ1n) is 12.6. The van der Waals surface area contributed by atoms with E-state index in [1.807, 2.05) is 12.1 Å². The molecule has 0 unspecified atom stereocenters. The predicted octanol–water partition coefficient (Wildman–Crippen LogP) is 5.13. The predicted molar refractivity (Wildman–Crippen MR) is 139 cm³/mol. The van der Waals surface area contributed by atoms with Crippen LogP contribution in [0.25, 0.3) is 11.4 Å². The molecule has 0 aliphatic heterocycles. The van der Waals surface area contributed by atoms with Crippen LogP contribution in [0, 0.1) is 0 Å². The molecule has 8 nitrogen and oxygen atoms in total. The van der Waals surface area contributed by atoms with Crippen LogP contribution in [-0.4, -0.2) is 35.2 Å². The quantitative estimate of drug-likeness (QED) is 0.224. The first kappa shape index (κ1) is 30.6. The fourth-order valence-electron chi connectivity index (χ4n) is 3.72. The van der Waals surface area contributed by atoms with Crippen molar-refractivity contribution >= 4 is 24.3 Å². The number of unbranched alkanes of at least 4 members (excludes halogenated alkanes) is 7. The summed E-state index contributed by atoms with van der Waals surface area (Å²) in [5.74, 6) is 0.167. The van der Waals surface area contributed by atoms with E-state index in [4.69, 9.17) is 10.3 Å². The third-order valence-corrected chi connectivity index (χ3v) is 5.87. The standard InChI is InChI=1S/C26H40N4O4.ClH/c1-3-4-5-6-7-8-9-10-12-20-15-17-21(18-16-20)25-29-23(34-30-25)19-28-26(32)22(27)13-11-14-24(31)33-2;/h15-18,22H,3-14,19,27H2,1-2H3,(H,28,32);1H/t22-;/m0./s1. The van der Waals surface area contributed by atoms with Gasteiger partial charge in [0.15, 0.2) is 0 Å². The molecule has 196 valence electrons. The number of halogens is 1. The van der Waals surface area contributed by atoms with Crippen molar-refractivity contribution in [2.24, 2.45) is 5.73 Å². The summed E-state index contributed by atoms with van der Waals surface area (Å²) in [5.41, 5.74) is 8.05. The molecular weight excluding hydrogens is 468 g/mol. The molecule has 9 heteroatoms. The zero-order valence-corrected chi connectivity index (χ0v) is 21.9. The summed E-state index contributed by atoms with van der Waals surface area (Å²) in [6, 6.07) is 7.53. The maximum Gasteiger partial charge on any atom is 0.305 e. The Morgan fingerprint density at radius 3 is 2.34 bits per heavy atom. The van der Waals surface area contributed by atoms with Crippen LogP contribution in [0.15, 0.2) is 28.8 Å². The molecule has 1 heterocycles. The number of methoxy groups -OCH3 is 1. The molecule has 2 aromatic rings. The molecule has 1 aromatic heterocycles. The summed E-state index contributed by atoms with van der Waals surface area (Å²) in [4.78, 5) is 27.6. The van der Waals surface area contributed by atoms with Crippen LogP contribution in [0.1, 0.15) is 89.0 Å². The van der Waals surface area contributed by atoms with Crippen molar-refractivity contribution in [2.75, 3.05) is 7.11 Å². The van der Waals surface area contributed by atoms with Crippen LogP contribution >= 0.6 is 12.4 Å². The van der Waals surface area contributed by atoms with E-state index in [0.717, 1.165) is 12.0 Å². The molecule has 2 rings (SSSR count). The average Bonchev–Trinajstić information content (AvgIpc) is 3.33. The Kier molecular flexibility index (Phi) is 15.6. The van der Waals surface area contributed by atoms with Crippen molar-refractivity contribution in [2.45, 2.75) is 96.6 Å². The fourth-order valence-corrected chi connectivity index (χ4v) is 3.72. The first-order chi connectivity index (χ1) is 16.5. The zero-order chi connectivity index (χ0) is 24.6. The highest BCUT2D eigenvalue weighted by Gasteiger charge is 2.16. The Labute approximate surface area is 215 Å². The second-order valence-electron chi connectivity index (χ2n) is 8.73. The third kappa shape index (κ3) is 12.2. The molecule has 0 saturated heterocycles. The molecule has 1 amide bonds. The number of nitrogens with zero attached hydrogens (tertiary/aromatic N) is 2. The van der Waals surface area contributed by atoms with Crippen molar-refractivity contribution in [3.63, 3.8) is 0 Å². The summed E-state index contributed by atoms with van der Waals surface area (Å²) in [5, 5.41) is 6.71. The Hall–Kier alpha value is -2.45. The van der Waals surface area contributed by atoms with Crippen LogP contribution in [-0.2, 0) is 27.3 Å². The van der Waals surface area contributed by atoms with Gasteiger partial charge in [0.2, 0.25) is 17.6 Å². The van der Waals surface area contributed by atoms with Gasteiger partial charge in [-0.15, -0.1) is 12.4 Å². The van der Waals surface area contributed by atoms with Gasteiger partial charge in [-0.05, 0) is 31.2 Å². The lowest BCUT2D eigenvalue weighted by atomic mass is 10.0. The second kappa shape index (κ2) is 17.9. The van der Waals surface area contributed by atoms with Gasteiger partial charge in [0.1, 0.15) is 0 Å². The fraction of sp³-hybridized carbons (Fsp3) is 0.615. The Balaban J connectivity index is 0.00000612. The van der Waals surface area contributed by atoms with Gasteiger partial charge in [-0.1, -0.05) is 81.3 Å². The van der Waals surface area contributed by atoms with Crippen LogP contribution in [0.3, 0.4) is 0 Å². The number of hydrogen-bond acceptors (Lipinski definition) is 7.